The summed E-state index contributed by atoms with van der Waals surface area (Å²) < 4.78 is 28.6. The van der Waals surface area contributed by atoms with Gasteiger partial charge in [0.15, 0.2) is 0 Å². The fourth-order valence-electron chi connectivity index (χ4n) is 2.94. The van der Waals surface area contributed by atoms with Crippen molar-refractivity contribution in [3.8, 4) is 0 Å². The zero-order chi connectivity index (χ0) is 15.1. The molecule has 0 aliphatic carbocycles. The van der Waals surface area contributed by atoms with Crippen LogP contribution in [0.4, 0.5) is 14.5 Å². The lowest BCUT2D eigenvalue weighted by atomic mass is 9.89. The van der Waals surface area contributed by atoms with Gasteiger partial charge in [-0.3, -0.25) is 14.9 Å². The van der Waals surface area contributed by atoms with E-state index in [1.54, 1.807) is 0 Å². The summed E-state index contributed by atoms with van der Waals surface area (Å²) in [6, 6.07) is 2.82. The smallest absolute Gasteiger partial charge is 0.234 e. The van der Waals surface area contributed by atoms with Gasteiger partial charge in [0.1, 0.15) is 11.6 Å². The molecular weight excluding hydrogens is 278 g/mol. The second kappa shape index (κ2) is 5.09. The highest BCUT2D eigenvalue weighted by Crippen LogP contribution is 2.34. The van der Waals surface area contributed by atoms with E-state index in [4.69, 9.17) is 0 Å². The second-order valence-electron chi connectivity index (χ2n) is 5.66. The van der Waals surface area contributed by atoms with Crippen molar-refractivity contribution in [3.63, 3.8) is 0 Å². The highest BCUT2D eigenvalue weighted by atomic mass is 19.1. The van der Waals surface area contributed by atoms with E-state index >= 15 is 0 Å². The minimum Gasteiger partial charge on any atom is -0.369 e. The lowest BCUT2D eigenvalue weighted by Crippen LogP contribution is -2.46. The Kier molecular flexibility index (Phi) is 3.39. The monoisotopic (exact) mass is 294 g/mol. The van der Waals surface area contributed by atoms with Crippen LogP contribution in [0.5, 0.6) is 0 Å². The number of amides is 2. The van der Waals surface area contributed by atoms with E-state index < -0.39 is 29.4 Å². The zero-order valence-electron chi connectivity index (χ0n) is 11.7. The molecule has 1 aromatic carbocycles. The number of nitrogens with zero attached hydrogens (tertiary/aromatic N) is 1. The topological polar surface area (TPSA) is 49.4 Å². The Bertz CT molecular complexity index is 595. The van der Waals surface area contributed by atoms with Crippen molar-refractivity contribution in [2.75, 3.05) is 11.4 Å². The number of piperidine rings is 1. The molecule has 2 saturated heterocycles. The van der Waals surface area contributed by atoms with Gasteiger partial charge in [0.05, 0.1) is 5.92 Å². The number of nitrogens with one attached hydrogen (secondary N) is 1. The van der Waals surface area contributed by atoms with Crippen molar-refractivity contribution >= 4 is 17.5 Å². The Morgan fingerprint density at radius 1 is 1.19 bits per heavy atom. The van der Waals surface area contributed by atoms with E-state index in [9.17, 15) is 18.4 Å². The van der Waals surface area contributed by atoms with Crippen molar-refractivity contribution < 1.29 is 18.4 Å². The van der Waals surface area contributed by atoms with Gasteiger partial charge in [-0.1, -0.05) is 0 Å². The van der Waals surface area contributed by atoms with Gasteiger partial charge < -0.3 is 4.90 Å². The van der Waals surface area contributed by atoms with Gasteiger partial charge >= 0.3 is 0 Å². The lowest BCUT2D eigenvalue weighted by molar-refractivity contribution is -0.134. The molecule has 0 spiro atoms. The number of halogens is 2. The maximum atomic E-state index is 14.3. The average Bonchev–Trinajstić information content (AvgIpc) is 2.38. The third kappa shape index (κ3) is 2.39. The third-order valence-corrected chi connectivity index (χ3v) is 4.30. The van der Waals surface area contributed by atoms with Crippen LogP contribution in [0, 0.1) is 11.6 Å². The number of hydrogen-bond donors (Lipinski definition) is 1. The molecular formula is C15H16F2N2O2. The fourth-order valence-corrected chi connectivity index (χ4v) is 2.94. The van der Waals surface area contributed by atoms with Crippen LogP contribution < -0.4 is 10.2 Å². The van der Waals surface area contributed by atoms with Crippen LogP contribution in [-0.4, -0.2) is 24.4 Å². The maximum absolute atomic E-state index is 14.3. The number of imide groups is 1. The van der Waals surface area contributed by atoms with Crippen molar-refractivity contribution in [1.29, 1.82) is 0 Å². The largest absolute Gasteiger partial charge is 0.369 e. The highest BCUT2D eigenvalue weighted by molar-refractivity contribution is 6.01. The van der Waals surface area contributed by atoms with Crippen LogP contribution in [0.15, 0.2) is 12.1 Å². The maximum Gasteiger partial charge on any atom is 0.234 e. The van der Waals surface area contributed by atoms with Crippen LogP contribution in [0.2, 0.25) is 0 Å². The van der Waals surface area contributed by atoms with Gasteiger partial charge in [-0.05, 0) is 31.9 Å². The second-order valence-corrected chi connectivity index (χ2v) is 5.66. The van der Waals surface area contributed by atoms with E-state index in [0.29, 0.717) is 5.69 Å². The number of benzene rings is 1. The molecule has 2 atom stereocenters. The molecule has 6 heteroatoms. The molecule has 2 fully saturated rings. The molecule has 2 heterocycles. The van der Waals surface area contributed by atoms with Crippen LogP contribution in [0.3, 0.4) is 0 Å². The SMILES string of the molecule is CC1CCN1c1cc(F)c(C2CCC(=O)NC2=O)c(F)c1. The summed E-state index contributed by atoms with van der Waals surface area (Å²) in [5, 5.41) is 2.13. The molecule has 0 saturated carbocycles. The number of hydrogen-bond acceptors (Lipinski definition) is 3. The summed E-state index contributed by atoms with van der Waals surface area (Å²) in [6.45, 7) is 2.77. The van der Waals surface area contributed by atoms with Gasteiger partial charge in [-0.2, -0.15) is 0 Å². The number of rotatable bonds is 2. The molecule has 4 nitrogen and oxygen atoms in total. The summed E-state index contributed by atoms with van der Waals surface area (Å²) in [5.74, 6) is -3.42. The quantitative estimate of drug-likeness (QED) is 0.850. The minimum absolute atomic E-state index is 0.0974. The highest BCUT2D eigenvalue weighted by Gasteiger charge is 2.33. The molecule has 1 N–H and O–H groups in total. The van der Waals surface area contributed by atoms with Crippen LogP contribution >= 0.6 is 0 Å². The van der Waals surface area contributed by atoms with Gasteiger partial charge in [0, 0.05) is 30.3 Å². The first-order chi connectivity index (χ1) is 9.97. The van der Waals surface area contributed by atoms with Crippen molar-refractivity contribution in [2.45, 2.75) is 38.1 Å². The van der Waals surface area contributed by atoms with E-state index in [-0.39, 0.29) is 24.4 Å². The Hall–Kier alpha value is -1.98. The van der Waals surface area contributed by atoms with Crippen LogP contribution in [-0.2, 0) is 9.59 Å². The summed E-state index contributed by atoms with van der Waals surface area (Å²) in [7, 11) is 0. The van der Waals surface area contributed by atoms with E-state index in [1.807, 2.05) is 11.8 Å². The predicted molar refractivity (Wildman–Crippen MR) is 72.9 cm³/mol. The Morgan fingerprint density at radius 3 is 2.33 bits per heavy atom. The Labute approximate surface area is 121 Å². The molecule has 2 aliphatic rings. The fraction of sp³-hybridized carbons (Fsp3) is 0.467. The normalized spacial score (nSPS) is 25.6. The number of carbonyl (C=O) groups excluding carboxylic acids is 2. The predicted octanol–water partition coefficient (Wildman–Crippen LogP) is 2.08. The first kappa shape index (κ1) is 14.0. The molecule has 2 unspecified atom stereocenters. The minimum atomic E-state index is -0.939. The zero-order valence-corrected chi connectivity index (χ0v) is 11.7. The molecule has 2 aliphatic heterocycles. The standard InChI is InChI=1S/C15H16F2N2O2/c1-8-4-5-19(8)9-6-11(16)14(12(17)7-9)10-2-3-13(20)18-15(10)21/h6-8,10H,2-5H2,1H3,(H,18,20,21). The van der Waals surface area contributed by atoms with Crippen molar-refractivity contribution in [1.82, 2.24) is 5.32 Å². The molecule has 0 radical (unpaired) electrons. The molecule has 2 amide bonds. The van der Waals surface area contributed by atoms with Gasteiger partial charge in [-0.25, -0.2) is 8.78 Å². The molecule has 0 aromatic heterocycles. The molecule has 0 bridgehead atoms. The number of anilines is 1. The molecule has 3 rings (SSSR count). The van der Waals surface area contributed by atoms with Crippen LogP contribution in [0.25, 0.3) is 0 Å². The van der Waals surface area contributed by atoms with E-state index in [0.717, 1.165) is 13.0 Å². The third-order valence-electron chi connectivity index (χ3n) is 4.30. The van der Waals surface area contributed by atoms with Gasteiger partial charge in [-0.15, -0.1) is 0 Å². The Morgan fingerprint density at radius 2 is 1.86 bits per heavy atom. The van der Waals surface area contributed by atoms with Gasteiger partial charge in [0.2, 0.25) is 11.8 Å². The summed E-state index contributed by atoms with van der Waals surface area (Å²) in [5.41, 5.74) is 0.261. The summed E-state index contributed by atoms with van der Waals surface area (Å²) in [4.78, 5) is 24.8. The molecule has 21 heavy (non-hydrogen) atoms. The van der Waals surface area contributed by atoms with Crippen LogP contribution in [0.1, 0.15) is 37.7 Å². The van der Waals surface area contributed by atoms with E-state index in [1.165, 1.54) is 12.1 Å². The lowest BCUT2D eigenvalue weighted by Gasteiger charge is -2.41. The average molecular weight is 294 g/mol. The van der Waals surface area contributed by atoms with E-state index in [2.05, 4.69) is 5.32 Å². The first-order valence-electron chi connectivity index (χ1n) is 7.06. The Balaban J connectivity index is 1.92. The number of carbonyl (C=O) groups is 2. The van der Waals surface area contributed by atoms with Crippen molar-refractivity contribution in [2.24, 2.45) is 0 Å². The molecule has 112 valence electrons. The van der Waals surface area contributed by atoms with Gasteiger partial charge in [0.25, 0.3) is 0 Å². The molecule has 1 aromatic rings. The van der Waals surface area contributed by atoms with Crippen molar-refractivity contribution in [3.05, 3.63) is 29.3 Å². The first-order valence-corrected chi connectivity index (χ1v) is 7.06. The summed E-state index contributed by atoms with van der Waals surface area (Å²) in [6.07, 6.45) is 1.23. The summed E-state index contributed by atoms with van der Waals surface area (Å²) >= 11 is 0.